The van der Waals surface area contributed by atoms with Crippen molar-refractivity contribution in [2.24, 2.45) is 5.92 Å². The van der Waals surface area contributed by atoms with Crippen molar-refractivity contribution in [1.29, 1.82) is 0 Å². The summed E-state index contributed by atoms with van der Waals surface area (Å²) >= 11 is 12.1. The van der Waals surface area contributed by atoms with Gasteiger partial charge in [-0.1, -0.05) is 34.4 Å². The first kappa shape index (κ1) is 22.1. The minimum absolute atomic E-state index is 0.113. The molecule has 0 aliphatic carbocycles. The fourth-order valence-corrected chi connectivity index (χ4v) is 5.92. The Bertz CT molecular complexity index is 995. The molecule has 10 heteroatoms. The Labute approximate surface area is 180 Å². The van der Waals surface area contributed by atoms with Gasteiger partial charge in [0.15, 0.2) is 5.76 Å². The Morgan fingerprint density at radius 2 is 1.93 bits per heavy atom. The molecule has 29 heavy (non-hydrogen) atoms. The molecule has 0 saturated carbocycles. The van der Waals surface area contributed by atoms with Gasteiger partial charge >= 0.3 is 0 Å². The molecular formula is C19H23Cl2N3O4S. The third-order valence-corrected chi connectivity index (χ3v) is 7.88. The molecule has 1 aromatic carbocycles. The van der Waals surface area contributed by atoms with Gasteiger partial charge in [0.25, 0.3) is 0 Å². The van der Waals surface area contributed by atoms with Crippen molar-refractivity contribution in [2.45, 2.75) is 44.6 Å². The fraction of sp³-hybridized carbons (Fsp3) is 0.474. The zero-order valence-electron chi connectivity index (χ0n) is 16.4. The molecule has 1 unspecified atom stereocenters. The standard InChI is InChI=1S/C19H23Cl2N3O4S/c1-11(16-5-4-15(20)10-17(16)21)22-19(25)14-6-8-24(9-7-14)29(26,27)18-12(2)23-28-13(18)3/h4-5,10-11,14H,6-9H2,1-3H3,(H,22,25). The number of rotatable bonds is 5. The van der Waals surface area contributed by atoms with Gasteiger partial charge in [0.1, 0.15) is 10.6 Å². The Kier molecular flexibility index (Phi) is 6.57. The molecule has 0 bridgehead atoms. The van der Waals surface area contributed by atoms with E-state index in [2.05, 4.69) is 10.5 Å². The molecule has 1 atom stereocenters. The number of hydrogen-bond acceptors (Lipinski definition) is 5. The van der Waals surface area contributed by atoms with Crippen molar-refractivity contribution in [3.8, 4) is 0 Å². The Hall–Kier alpha value is -1.61. The first-order valence-electron chi connectivity index (χ1n) is 9.29. The van der Waals surface area contributed by atoms with Crippen LogP contribution in [0, 0.1) is 19.8 Å². The molecule has 3 rings (SSSR count). The van der Waals surface area contributed by atoms with E-state index < -0.39 is 10.0 Å². The van der Waals surface area contributed by atoms with Crippen LogP contribution in [0.4, 0.5) is 0 Å². The highest BCUT2D eigenvalue weighted by Crippen LogP contribution is 2.29. The summed E-state index contributed by atoms with van der Waals surface area (Å²) in [6, 6.07) is 4.87. The summed E-state index contributed by atoms with van der Waals surface area (Å²) < 4.78 is 32.2. The lowest BCUT2D eigenvalue weighted by molar-refractivity contribution is -0.126. The van der Waals surface area contributed by atoms with E-state index in [1.807, 2.05) is 6.92 Å². The Morgan fingerprint density at radius 1 is 1.28 bits per heavy atom. The summed E-state index contributed by atoms with van der Waals surface area (Å²) in [4.78, 5) is 12.8. The number of sulfonamides is 1. The Balaban J connectivity index is 1.62. The van der Waals surface area contributed by atoms with E-state index in [0.717, 1.165) is 5.56 Å². The number of hydrogen-bond donors (Lipinski definition) is 1. The third-order valence-electron chi connectivity index (χ3n) is 5.18. The second-order valence-electron chi connectivity index (χ2n) is 7.23. The number of nitrogens with one attached hydrogen (secondary N) is 1. The Morgan fingerprint density at radius 3 is 2.48 bits per heavy atom. The van der Waals surface area contributed by atoms with Crippen molar-refractivity contribution in [3.05, 3.63) is 45.3 Å². The maximum absolute atomic E-state index is 12.9. The number of carbonyl (C=O) groups is 1. The topological polar surface area (TPSA) is 92.5 Å². The van der Waals surface area contributed by atoms with Crippen LogP contribution in [-0.4, -0.2) is 36.9 Å². The van der Waals surface area contributed by atoms with Crippen LogP contribution in [-0.2, 0) is 14.8 Å². The monoisotopic (exact) mass is 459 g/mol. The molecular weight excluding hydrogens is 437 g/mol. The van der Waals surface area contributed by atoms with Gasteiger partial charge in [-0.05, 0) is 51.3 Å². The molecule has 1 aliphatic heterocycles. The quantitative estimate of drug-likeness (QED) is 0.731. The average molecular weight is 460 g/mol. The van der Waals surface area contributed by atoms with Gasteiger partial charge in [-0.3, -0.25) is 4.79 Å². The van der Waals surface area contributed by atoms with Crippen LogP contribution in [0.3, 0.4) is 0 Å². The van der Waals surface area contributed by atoms with Crippen molar-refractivity contribution < 1.29 is 17.7 Å². The first-order chi connectivity index (χ1) is 13.6. The minimum atomic E-state index is -3.69. The minimum Gasteiger partial charge on any atom is -0.360 e. The van der Waals surface area contributed by atoms with Crippen LogP contribution in [0.25, 0.3) is 0 Å². The molecule has 1 amide bonds. The van der Waals surface area contributed by atoms with E-state index >= 15 is 0 Å². The number of halogens is 2. The summed E-state index contributed by atoms with van der Waals surface area (Å²) in [5, 5.41) is 7.72. The van der Waals surface area contributed by atoms with Gasteiger partial charge < -0.3 is 9.84 Å². The molecule has 2 aromatic rings. The van der Waals surface area contributed by atoms with E-state index in [-0.39, 0.29) is 41.6 Å². The maximum atomic E-state index is 12.9. The van der Waals surface area contributed by atoms with Crippen LogP contribution in [0.2, 0.25) is 10.0 Å². The molecule has 1 fully saturated rings. The largest absolute Gasteiger partial charge is 0.360 e. The third kappa shape index (κ3) is 4.60. The number of nitrogens with zero attached hydrogens (tertiary/aromatic N) is 2. The highest BCUT2D eigenvalue weighted by atomic mass is 35.5. The number of piperidine rings is 1. The van der Waals surface area contributed by atoms with Gasteiger partial charge in [-0.2, -0.15) is 4.31 Å². The summed E-state index contributed by atoms with van der Waals surface area (Å²) in [5.74, 6) is -0.103. The van der Waals surface area contributed by atoms with Crippen LogP contribution in [0.15, 0.2) is 27.6 Å². The molecule has 2 heterocycles. The smallest absolute Gasteiger partial charge is 0.248 e. The second-order valence-corrected chi connectivity index (χ2v) is 9.95. The fourth-order valence-electron chi connectivity index (χ4n) is 3.59. The zero-order chi connectivity index (χ0) is 21.3. The van der Waals surface area contributed by atoms with Crippen LogP contribution in [0.1, 0.15) is 42.8 Å². The van der Waals surface area contributed by atoms with Crippen molar-refractivity contribution in [3.63, 3.8) is 0 Å². The van der Waals surface area contributed by atoms with E-state index in [1.165, 1.54) is 4.31 Å². The van der Waals surface area contributed by atoms with E-state index in [9.17, 15) is 13.2 Å². The molecule has 158 valence electrons. The van der Waals surface area contributed by atoms with Crippen molar-refractivity contribution in [2.75, 3.05) is 13.1 Å². The lowest BCUT2D eigenvalue weighted by atomic mass is 9.96. The second kappa shape index (κ2) is 8.63. The average Bonchev–Trinajstić information content (AvgIpc) is 3.00. The number of aromatic nitrogens is 1. The number of benzene rings is 1. The molecule has 0 spiro atoms. The van der Waals surface area contributed by atoms with Gasteiger partial charge in [0.05, 0.1) is 6.04 Å². The molecule has 1 aromatic heterocycles. The number of amides is 1. The van der Waals surface area contributed by atoms with Crippen LogP contribution >= 0.6 is 23.2 Å². The molecule has 7 nitrogen and oxygen atoms in total. The highest BCUT2D eigenvalue weighted by Gasteiger charge is 2.35. The predicted octanol–water partition coefficient (Wildman–Crippen LogP) is 3.88. The number of aryl methyl sites for hydroxylation is 2. The normalized spacial score (nSPS) is 17.3. The maximum Gasteiger partial charge on any atom is 0.248 e. The van der Waals surface area contributed by atoms with Crippen molar-refractivity contribution >= 4 is 39.1 Å². The summed E-state index contributed by atoms with van der Waals surface area (Å²) in [5.41, 5.74) is 1.12. The summed E-state index contributed by atoms with van der Waals surface area (Å²) in [6.45, 7) is 5.56. The van der Waals surface area contributed by atoms with E-state index in [1.54, 1.807) is 32.0 Å². The zero-order valence-corrected chi connectivity index (χ0v) is 18.7. The first-order valence-corrected chi connectivity index (χ1v) is 11.5. The molecule has 1 aliphatic rings. The lowest BCUT2D eigenvalue weighted by Crippen LogP contribution is -2.43. The van der Waals surface area contributed by atoms with Gasteiger partial charge in [-0.15, -0.1) is 0 Å². The van der Waals surface area contributed by atoms with Gasteiger partial charge in [0, 0.05) is 29.1 Å². The van der Waals surface area contributed by atoms with Gasteiger partial charge in [0.2, 0.25) is 15.9 Å². The molecule has 0 radical (unpaired) electrons. The SMILES string of the molecule is Cc1noc(C)c1S(=O)(=O)N1CCC(C(=O)NC(C)c2ccc(Cl)cc2Cl)CC1. The van der Waals surface area contributed by atoms with Crippen LogP contribution in [0.5, 0.6) is 0 Å². The lowest BCUT2D eigenvalue weighted by Gasteiger charge is -2.31. The summed E-state index contributed by atoms with van der Waals surface area (Å²) in [6.07, 6.45) is 0.880. The van der Waals surface area contributed by atoms with E-state index in [0.29, 0.717) is 28.6 Å². The molecule has 1 N–H and O–H groups in total. The predicted molar refractivity (Wildman–Crippen MR) is 110 cm³/mol. The van der Waals surface area contributed by atoms with Gasteiger partial charge in [-0.25, -0.2) is 8.42 Å². The summed E-state index contributed by atoms with van der Waals surface area (Å²) in [7, 11) is -3.69. The highest BCUT2D eigenvalue weighted by molar-refractivity contribution is 7.89. The van der Waals surface area contributed by atoms with E-state index in [4.69, 9.17) is 27.7 Å². The molecule has 1 saturated heterocycles. The van der Waals surface area contributed by atoms with Crippen LogP contribution < -0.4 is 5.32 Å². The number of carbonyl (C=O) groups excluding carboxylic acids is 1. The van der Waals surface area contributed by atoms with Crippen molar-refractivity contribution in [1.82, 2.24) is 14.8 Å².